The van der Waals surface area contributed by atoms with Gasteiger partial charge in [-0.3, -0.25) is 0 Å². The Kier molecular flexibility index (Phi) is 5.60. The average Bonchev–Trinajstić information content (AvgIpc) is 2.74. The zero-order valence-electron chi connectivity index (χ0n) is 16.4. The van der Waals surface area contributed by atoms with Crippen molar-refractivity contribution in [2.75, 3.05) is 6.61 Å². The van der Waals surface area contributed by atoms with E-state index >= 15 is 0 Å². The second-order valence-corrected chi connectivity index (χ2v) is 7.86. The van der Waals surface area contributed by atoms with Gasteiger partial charge in [0.15, 0.2) is 5.79 Å². The molecule has 5 nitrogen and oxygen atoms in total. The van der Waals surface area contributed by atoms with Crippen LogP contribution >= 0.6 is 0 Å². The van der Waals surface area contributed by atoms with Crippen LogP contribution in [0.1, 0.15) is 48.0 Å². The molecule has 0 saturated carbocycles. The Hall–Kier alpha value is -1.38. The van der Waals surface area contributed by atoms with E-state index in [1.807, 2.05) is 13.8 Å². The number of alkyl halides is 3. The van der Waals surface area contributed by atoms with Gasteiger partial charge in [0.25, 0.3) is 0 Å². The molecule has 0 radical (unpaired) electrons. The third-order valence-electron chi connectivity index (χ3n) is 5.35. The predicted molar refractivity (Wildman–Crippen MR) is 91.7 cm³/mol. The maximum absolute atomic E-state index is 13.8. The van der Waals surface area contributed by atoms with Crippen LogP contribution in [0.4, 0.5) is 13.2 Å². The largest absolute Gasteiger partial charge is 0.463 e. The molecule has 1 N–H and O–H groups in total. The molecule has 8 heteroatoms. The van der Waals surface area contributed by atoms with E-state index < -0.39 is 34.5 Å². The monoisotopic (exact) mass is 392 g/mol. The van der Waals surface area contributed by atoms with Crippen molar-refractivity contribution in [2.45, 2.75) is 77.7 Å². The van der Waals surface area contributed by atoms with Gasteiger partial charge in [-0.1, -0.05) is 13.8 Å². The Bertz CT molecular complexity index is 655. The summed E-state index contributed by atoms with van der Waals surface area (Å²) in [5.74, 6) is -2.36. The van der Waals surface area contributed by atoms with Gasteiger partial charge >= 0.3 is 12.1 Å². The van der Waals surface area contributed by atoms with Gasteiger partial charge in [0.2, 0.25) is 0 Å². The quantitative estimate of drug-likeness (QED) is 0.451. The van der Waals surface area contributed by atoms with Crippen molar-refractivity contribution in [3.63, 3.8) is 0 Å². The second-order valence-electron chi connectivity index (χ2n) is 7.86. The Labute approximate surface area is 157 Å². The highest BCUT2D eigenvalue weighted by molar-refractivity contribution is 5.83. The highest BCUT2D eigenvalue weighted by atomic mass is 19.4. The van der Waals surface area contributed by atoms with Gasteiger partial charge in [0.1, 0.15) is 5.60 Å². The van der Waals surface area contributed by atoms with E-state index in [2.05, 4.69) is 4.74 Å². The van der Waals surface area contributed by atoms with E-state index in [-0.39, 0.29) is 30.8 Å². The Balaban J connectivity index is 2.60. The molecular formula is C19H27F3O5. The smallest absolute Gasteiger partial charge is 0.416 e. The third-order valence-corrected chi connectivity index (χ3v) is 5.35. The lowest BCUT2D eigenvalue weighted by Crippen LogP contribution is -2.57. The molecule has 1 fully saturated rings. The number of ether oxygens (including phenoxy) is 3. The molecule has 0 aromatic heterocycles. The summed E-state index contributed by atoms with van der Waals surface area (Å²) in [5.41, 5.74) is -5.14. The average molecular weight is 392 g/mol. The fraction of sp³-hybridized carbons (Fsp3) is 0.737. The molecular weight excluding hydrogens is 365 g/mol. The normalized spacial score (nSPS) is 36.7. The van der Waals surface area contributed by atoms with E-state index in [4.69, 9.17) is 9.47 Å². The summed E-state index contributed by atoms with van der Waals surface area (Å²) in [6.07, 6.45) is -3.71. The molecule has 1 aliphatic carbocycles. The fourth-order valence-electron chi connectivity index (χ4n) is 4.03. The molecule has 1 saturated heterocycles. The SMILES string of the molecule is CCOC(=O)/C=C(/C(F)(F)F)C1(O)C(C)=CC2(CC1(C)C)OC(C)C(C)O2. The first-order valence-electron chi connectivity index (χ1n) is 8.92. The molecule has 3 unspecified atom stereocenters. The molecule has 0 bridgehead atoms. The van der Waals surface area contributed by atoms with Gasteiger partial charge in [-0.15, -0.1) is 0 Å². The first kappa shape index (κ1) is 21.9. The topological polar surface area (TPSA) is 65.0 Å². The van der Waals surface area contributed by atoms with Gasteiger partial charge in [-0.2, -0.15) is 13.2 Å². The van der Waals surface area contributed by atoms with E-state index in [9.17, 15) is 23.1 Å². The first-order valence-corrected chi connectivity index (χ1v) is 8.92. The summed E-state index contributed by atoms with van der Waals surface area (Å²) >= 11 is 0. The van der Waals surface area contributed by atoms with Crippen LogP contribution in [0.25, 0.3) is 0 Å². The standard InChI is InChI=1S/C19H27F3O5/c1-7-25-15(23)8-14(19(20,21)22)18(24)11(2)9-17(10-16(18,5)6)26-12(3)13(4)27-17/h8-9,12-13,24H,7,10H2,1-6H3/b14-8+. The van der Waals surface area contributed by atoms with Crippen molar-refractivity contribution in [3.8, 4) is 0 Å². The maximum Gasteiger partial charge on any atom is 0.416 e. The Morgan fingerprint density at radius 1 is 1.33 bits per heavy atom. The minimum absolute atomic E-state index is 0.00734. The minimum Gasteiger partial charge on any atom is -0.463 e. The van der Waals surface area contributed by atoms with Crippen LogP contribution in [0.5, 0.6) is 0 Å². The van der Waals surface area contributed by atoms with Crippen LogP contribution < -0.4 is 0 Å². The van der Waals surface area contributed by atoms with Crippen molar-refractivity contribution in [2.24, 2.45) is 5.41 Å². The van der Waals surface area contributed by atoms with Crippen LogP contribution in [0.15, 0.2) is 23.3 Å². The van der Waals surface area contributed by atoms with Gasteiger partial charge in [-0.05, 0) is 39.3 Å². The van der Waals surface area contributed by atoms with E-state index in [1.165, 1.54) is 33.8 Å². The molecule has 27 heavy (non-hydrogen) atoms. The molecule has 1 spiro atoms. The highest BCUT2D eigenvalue weighted by Gasteiger charge is 2.62. The number of rotatable bonds is 3. The fourth-order valence-corrected chi connectivity index (χ4v) is 4.03. The molecule has 2 rings (SSSR count). The lowest BCUT2D eigenvalue weighted by molar-refractivity contribution is -0.197. The number of hydrogen-bond acceptors (Lipinski definition) is 5. The van der Waals surface area contributed by atoms with E-state index in [0.717, 1.165) is 0 Å². The van der Waals surface area contributed by atoms with Crippen LogP contribution in [-0.2, 0) is 19.0 Å². The minimum atomic E-state index is -4.93. The number of carbonyl (C=O) groups excluding carboxylic acids is 1. The summed E-state index contributed by atoms with van der Waals surface area (Å²) in [4.78, 5) is 11.8. The molecule has 154 valence electrons. The van der Waals surface area contributed by atoms with Crippen molar-refractivity contribution < 1.29 is 37.3 Å². The lowest BCUT2D eigenvalue weighted by atomic mass is 9.60. The molecule has 1 aliphatic heterocycles. The van der Waals surface area contributed by atoms with Crippen molar-refractivity contribution in [1.29, 1.82) is 0 Å². The highest BCUT2D eigenvalue weighted by Crippen LogP contribution is 2.56. The van der Waals surface area contributed by atoms with Crippen LogP contribution in [0.2, 0.25) is 0 Å². The van der Waals surface area contributed by atoms with E-state index in [1.54, 1.807) is 0 Å². The number of hydrogen-bond donors (Lipinski definition) is 1. The summed E-state index contributed by atoms with van der Waals surface area (Å²) in [6, 6.07) is 0. The van der Waals surface area contributed by atoms with Crippen molar-refractivity contribution >= 4 is 5.97 Å². The number of carbonyl (C=O) groups is 1. The first-order chi connectivity index (χ1) is 12.2. The van der Waals surface area contributed by atoms with Gasteiger partial charge < -0.3 is 19.3 Å². The van der Waals surface area contributed by atoms with Gasteiger partial charge in [0, 0.05) is 17.9 Å². The van der Waals surface area contributed by atoms with Crippen LogP contribution in [-0.4, -0.2) is 47.5 Å². The van der Waals surface area contributed by atoms with Crippen molar-refractivity contribution in [1.82, 2.24) is 0 Å². The molecule has 0 aromatic rings. The molecule has 2 aliphatic rings. The summed E-state index contributed by atoms with van der Waals surface area (Å²) in [7, 11) is 0. The van der Waals surface area contributed by atoms with Gasteiger partial charge in [0.05, 0.1) is 24.4 Å². The van der Waals surface area contributed by atoms with Crippen LogP contribution in [0, 0.1) is 5.41 Å². The zero-order valence-corrected chi connectivity index (χ0v) is 16.4. The second kappa shape index (κ2) is 6.90. The summed E-state index contributed by atoms with van der Waals surface area (Å²) in [5, 5.41) is 11.3. The van der Waals surface area contributed by atoms with Crippen LogP contribution in [0.3, 0.4) is 0 Å². The molecule has 0 aromatic carbocycles. The number of esters is 1. The third kappa shape index (κ3) is 3.79. The zero-order chi connectivity index (χ0) is 20.8. The molecule has 3 atom stereocenters. The van der Waals surface area contributed by atoms with E-state index in [0.29, 0.717) is 6.08 Å². The van der Waals surface area contributed by atoms with Crippen molar-refractivity contribution in [3.05, 3.63) is 23.3 Å². The Morgan fingerprint density at radius 2 is 1.85 bits per heavy atom. The number of aliphatic hydroxyl groups is 1. The molecule has 1 heterocycles. The van der Waals surface area contributed by atoms with Gasteiger partial charge in [-0.25, -0.2) is 4.79 Å². The predicted octanol–water partition coefficient (Wildman–Crippen LogP) is 3.67. The summed E-state index contributed by atoms with van der Waals surface area (Å²) < 4.78 is 57.9. The Morgan fingerprint density at radius 3 is 2.26 bits per heavy atom. The lowest BCUT2D eigenvalue weighted by Gasteiger charge is -2.51. The maximum atomic E-state index is 13.8. The number of halogens is 3. The molecule has 0 amide bonds. The summed E-state index contributed by atoms with van der Waals surface area (Å²) in [6.45, 7) is 9.43.